The van der Waals surface area contributed by atoms with Crippen molar-refractivity contribution in [2.24, 2.45) is 0 Å². The van der Waals surface area contributed by atoms with E-state index in [0.29, 0.717) is 6.42 Å². The van der Waals surface area contributed by atoms with E-state index in [1.54, 1.807) is 0 Å². The molecule has 0 aliphatic rings. The van der Waals surface area contributed by atoms with Gasteiger partial charge >= 0.3 is 0 Å². The standard InChI is InChI=1S/C6H13NO2S/c1-2-3-4-5(8)6(9)7-10/h5,8,10H,2-4H2,1H3,(H,7,9). The predicted octanol–water partition coefficient (Wildman–Crippen LogP) is 0.498. The second-order valence-electron chi connectivity index (χ2n) is 2.13. The molecule has 0 heterocycles. The van der Waals surface area contributed by atoms with E-state index in [2.05, 4.69) is 17.5 Å². The summed E-state index contributed by atoms with van der Waals surface area (Å²) in [4.78, 5) is 10.6. The number of unbranched alkanes of at least 4 members (excludes halogenated alkanes) is 1. The molecule has 0 aromatic carbocycles. The molecule has 0 aliphatic carbocycles. The lowest BCUT2D eigenvalue weighted by Crippen LogP contribution is -2.28. The second kappa shape index (κ2) is 5.56. The van der Waals surface area contributed by atoms with Gasteiger partial charge in [-0.15, -0.1) is 0 Å². The molecule has 2 N–H and O–H groups in total. The van der Waals surface area contributed by atoms with Gasteiger partial charge in [0.15, 0.2) is 0 Å². The zero-order valence-electron chi connectivity index (χ0n) is 6.00. The van der Waals surface area contributed by atoms with Crippen LogP contribution in [0.1, 0.15) is 26.2 Å². The minimum atomic E-state index is -0.891. The quantitative estimate of drug-likeness (QED) is 0.528. The SMILES string of the molecule is CCCCC(O)C(=O)NS. The van der Waals surface area contributed by atoms with E-state index in [-0.39, 0.29) is 0 Å². The topological polar surface area (TPSA) is 49.3 Å². The summed E-state index contributed by atoms with van der Waals surface area (Å²) >= 11 is 3.52. The van der Waals surface area contributed by atoms with Crippen LogP contribution in [-0.4, -0.2) is 17.1 Å². The van der Waals surface area contributed by atoms with Crippen molar-refractivity contribution in [2.45, 2.75) is 32.3 Å². The van der Waals surface area contributed by atoms with Crippen molar-refractivity contribution in [1.29, 1.82) is 0 Å². The molecule has 3 nitrogen and oxygen atoms in total. The molecular formula is C6H13NO2S. The van der Waals surface area contributed by atoms with Gasteiger partial charge in [0, 0.05) is 0 Å². The minimum absolute atomic E-state index is 0.420. The first kappa shape index (κ1) is 9.78. The fourth-order valence-electron chi connectivity index (χ4n) is 0.603. The summed E-state index contributed by atoms with van der Waals surface area (Å²) in [5, 5.41) is 8.99. The van der Waals surface area contributed by atoms with Crippen LogP contribution < -0.4 is 4.72 Å². The monoisotopic (exact) mass is 163 g/mol. The Morgan fingerprint density at radius 2 is 2.40 bits per heavy atom. The minimum Gasteiger partial charge on any atom is -0.383 e. The van der Waals surface area contributed by atoms with Gasteiger partial charge in [0.05, 0.1) is 0 Å². The summed E-state index contributed by atoms with van der Waals surface area (Å²) in [6.45, 7) is 2.01. The van der Waals surface area contributed by atoms with Crippen LogP contribution in [0.3, 0.4) is 0 Å². The Morgan fingerprint density at radius 1 is 1.80 bits per heavy atom. The highest BCUT2D eigenvalue weighted by Gasteiger charge is 2.11. The fraction of sp³-hybridized carbons (Fsp3) is 0.833. The lowest BCUT2D eigenvalue weighted by atomic mass is 10.1. The summed E-state index contributed by atoms with van der Waals surface area (Å²) in [6, 6.07) is 0. The molecule has 0 fully saturated rings. The van der Waals surface area contributed by atoms with Crippen LogP contribution in [0, 0.1) is 0 Å². The number of nitrogens with one attached hydrogen (secondary N) is 1. The number of rotatable bonds is 4. The molecule has 0 aliphatic heterocycles. The molecule has 0 radical (unpaired) electrons. The second-order valence-corrected chi connectivity index (χ2v) is 2.36. The third kappa shape index (κ3) is 3.74. The van der Waals surface area contributed by atoms with Gasteiger partial charge in [-0.1, -0.05) is 32.6 Å². The number of amides is 1. The Morgan fingerprint density at radius 3 is 2.80 bits per heavy atom. The third-order valence-electron chi connectivity index (χ3n) is 1.24. The molecule has 60 valence electrons. The zero-order valence-corrected chi connectivity index (χ0v) is 6.90. The highest BCUT2D eigenvalue weighted by atomic mass is 32.1. The summed E-state index contributed by atoms with van der Waals surface area (Å²) in [6.07, 6.45) is 1.47. The van der Waals surface area contributed by atoms with Gasteiger partial charge in [0.25, 0.3) is 5.91 Å². The van der Waals surface area contributed by atoms with E-state index in [9.17, 15) is 4.79 Å². The smallest absolute Gasteiger partial charge is 0.258 e. The fourth-order valence-corrected chi connectivity index (χ4v) is 0.752. The first-order valence-electron chi connectivity index (χ1n) is 3.34. The highest BCUT2D eigenvalue weighted by Crippen LogP contribution is 1.99. The maximum absolute atomic E-state index is 10.6. The molecule has 0 rings (SSSR count). The van der Waals surface area contributed by atoms with E-state index < -0.39 is 12.0 Å². The van der Waals surface area contributed by atoms with Crippen molar-refractivity contribution >= 4 is 18.7 Å². The van der Waals surface area contributed by atoms with Crippen LogP contribution in [0.4, 0.5) is 0 Å². The number of thiol groups is 1. The summed E-state index contributed by atoms with van der Waals surface area (Å²) in [5.74, 6) is -0.420. The summed E-state index contributed by atoms with van der Waals surface area (Å²) < 4.78 is 2.08. The predicted molar refractivity (Wildman–Crippen MR) is 42.7 cm³/mol. The Labute approximate surface area is 66.4 Å². The van der Waals surface area contributed by atoms with Crippen molar-refractivity contribution < 1.29 is 9.90 Å². The Bertz CT molecular complexity index is 108. The highest BCUT2D eigenvalue weighted by molar-refractivity contribution is 7.78. The van der Waals surface area contributed by atoms with Gasteiger partial charge in [-0.3, -0.25) is 4.79 Å². The summed E-state index contributed by atoms with van der Waals surface area (Å²) in [7, 11) is 0. The Hall–Kier alpha value is -0.220. The largest absolute Gasteiger partial charge is 0.383 e. The van der Waals surface area contributed by atoms with Crippen molar-refractivity contribution in [3.05, 3.63) is 0 Å². The number of hydrogen-bond donors (Lipinski definition) is 3. The number of aliphatic hydroxyl groups is 1. The molecule has 1 unspecified atom stereocenters. The van der Waals surface area contributed by atoms with Crippen molar-refractivity contribution in [2.75, 3.05) is 0 Å². The molecule has 1 atom stereocenters. The Kier molecular flexibility index (Phi) is 5.43. The molecule has 0 spiro atoms. The first-order valence-corrected chi connectivity index (χ1v) is 3.79. The van der Waals surface area contributed by atoms with Crippen LogP contribution in [0.25, 0.3) is 0 Å². The number of hydrogen-bond acceptors (Lipinski definition) is 3. The van der Waals surface area contributed by atoms with E-state index in [1.165, 1.54) is 0 Å². The van der Waals surface area contributed by atoms with Crippen LogP contribution in [-0.2, 0) is 4.79 Å². The third-order valence-corrected chi connectivity index (χ3v) is 1.46. The zero-order chi connectivity index (χ0) is 7.98. The molecule has 0 aromatic heterocycles. The van der Waals surface area contributed by atoms with Crippen molar-refractivity contribution in [3.8, 4) is 0 Å². The van der Waals surface area contributed by atoms with Gasteiger partial charge in [0.1, 0.15) is 6.10 Å². The number of carbonyl (C=O) groups is 1. The Balaban J connectivity index is 3.41. The van der Waals surface area contributed by atoms with E-state index in [1.807, 2.05) is 6.92 Å². The molecule has 4 heteroatoms. The van der Waals surface area contributed by atoms with Gasteiger partial charge in [-0.25, -0.2) is 0 Å². The molecule has 0 bridgehead atoms. The molecular weight excluding hydrogens is 150 g/mol. The van der Waals surface area contributed by atoms with E-state index >= 15 is 0 Å². The maximum Gasteiger partial charge on any atom is 0.258 e. The normalized spacial score (nSPS) is 12.7. The molecule has 0 saturated carbocycles. The van der Waals surface area contributed by atoms with Gasteiger partial charge in [-0.05, 0) is 6.42 Å². The van der Waals surface area contributed by atoms with Gasteiger partial charge in [0.2, 0.25) is 0 Å². The van der Waals surface area contributed by atoms with Crippen LogP contribution in [0.2, 0.25) is 0 Å². The van der Waals surface area contributed by atoms with E-state index in [4.69, 9.17) is 5.11 Å². The molecule has 0 saturated heterocycles. The van der Waals surface area contributed by atoms with E-state index in [0.717, 1.165) is 12.8 Å². The average Bonchev–Trinajstić information content (AvgIpc) is 1.98. The van der Waals surface area contributed by atoms with Gasteiger partial charge in [-0.2, -0.15) is 0 Å². The van der Waals surface area contributed by atoms with Crippen LogP contribution >= 0.6 is 12.8 Å². The van der Waals surface area contributed by atoms with Crippen molar-refractivity contribution in [3.63, 3.8) is 0 Å². The van der Waals surface area contributed by atoms with Gasteiger partial charge < -0.3 is 9.83 Å². The molecule has 10 heavy (non-hydrogen) atoms. The lowest BCUT2D eigenvalue weighted by molar-refractivity contribution is -0.127. The number of carbonyl (C=O) groups excluding carboxylic acids is 1. The molecule has 1 amide bonds. The maximum atomic E-state index is 10.6. The lowest BCUT2D eigenvalue weighted by Gasteiger charge is -2.05. The molecule has 0 aromatic rings. The first-order chi connectivity index (χ1) is 4.72. The van der Waals surface area contributed by atoms with Crippen molar-refractivity contribution in [1.82, 2.24) is 4.72 Å². The van der Waals surface area contributed by atoms with Crippen LogP contribution in [0.5, 0.6) is 0 Å². The summed E-state index contributed by atoms with van der Waals surface area (Å²) in [5.41, 5.74) is 0. The van der Waals surface area contributed by atoms with Crippen LogP contribution in [0.15, 0.2) is 0 Å². The average molecular weight is 163 g/mol. The number of aliphatic hydroxyl groups excluding tert-OH is 1.